The lowest BCUT2D eigenvalue weighted by Crippen LogP contribution is -2.54. The number of aromatic nitrogens is 3. The number of hydrogen-bond acceptors (Lipinski definition) is 6. The van der Waals surface area contributed by atoms with Crippen molar-refractivity contribution in [3.05, 3.63) is 90.3 Å². The number of benzene rings is 1. The van der Waals surface area contributed by atoms with Gasteiger partial charge in [0.15, 0.2) is 5.11 Å². The first-order chi connectivity index (χ1) is 16.6. The largest absolute Gasteiger partial charge is 0.332 e. The van der Waals surface area contributed by atoms with E-state index in [1.807, 2.05) is 0 Å². The van der Waals surface area contributed by atoms with Crippen molar-refractivity contribution >= 4 is 57.9 Å². The van der Waals surface area contributed by atoms with Crippen molar-refractivity contribution in [3.63, 3.8) is 0 Å². The van der Waals surface area contributed by atoms with E-state index in [1.54, 1.807) is 30.3 Å². The fraction of sp³-hybridized carbons (Fsp3) is 0.130. The number of thiocarbonyl (C=S) groups is 1. The third kappa shape index (κ3) is 3.74. The van der Waals surface area contributed by atoms with E-state index in [0.29, 0.717) is 5.69 Å². The molecule has 0 radical (unpaired) electrons. The number of para-hydroxylation sites is 1. The monoisotopic (exact) mass is 511 g/mol. The molecule has 12 heteroatoms. The molecule has 178 valence electrons. The number of hydrogen-bond donors (Lipinski definition) is 1. The van der Waals surface area contributed by atoms with E-state index < -0.39 is 34.2 Å². The van der Waals surface area contributed by atoms with Crippen LogP contribution in [-0.2, 0) is 23.7 Å². The highest BCUT2D eigenvalue weighted by atomic mass is 35.5. The van der Waals surface area contributed by atoms with E-state index in [9.17, 15) is 24.0 Å². The van der Waals surface area contributed by atoms with Crippen molar-refractivity contribution in [1.29, 1.82) is 0 Å². The summed E-state index contributed by atoms with van der Waals surface area (Å²) in [5, 5.41) is 1.86. The van der Waals surface area contributed by atoms with Crippen LogP contribution >= 0.6 is 23.8 Å². The highest BCUT2D eigenvalue weighted by molar-refractivity contribution is 7.80. The minimum Gasteiger partial charge on any atom is -0.298 e. The molecule has 0 spiro atoms. The summed E-state index contributed by atoms with van der Waals surface area (Å²) in [6, 6.07) is 8.29. The van der Waals surface area contributed by atoms with E-state index in [4.69, 9.17) is 23.8 Å². The van der Waals surface area contributed by atoms with Crippen LogP contribution in [0.15, 0.2) is 62.9 Å². The van der Waals surface area contributed by atoms with E-state index in [1.165, 1.54) is 20.2 Å². The lowest BCUT2D eigenvalue weighted by atomic mass is 10.1. The maximum absolute atomic E-state index is 13.7. The van der Waals surface area contributed by atoms with Gasteiger partial charge in [-0.1, -0.05) is 35.9 Å². The van der Waals surface area contributed by atoms with Crippen LogP contribution in [-0.4, -0.2) is 42.1 Å². The number of halogens is 1. The number of fused-ring (bicyclic) bond motifs is 1. The average Bonchev–Trinajstić information content (AvgIpc) is 2.83. The first-order valence-corrected chi connectivity index (χ1v) is 11.0. The van der Waals surface area contributed by atoms with Crippen molar-refractivity contribution < 1.29 is 9.59 Å². The first kappa shape index (κ1) is 24.0. The van der Waals surface area contributed by atoms with Gasteiger partial charge in [0, 0.05) is 20.6 Å². The molecule has 10 nitrogen and oxygen atoms in total. The van der Waals surface area contributed by atoms with Gasteiger partial charge in [-0.2, -0.15) is 0 Å². The minimum absolute atomic E-state index is 0.0254. The van der Waals surface area contributed by atoms with Gasteiger partial charge >= 0.3 is 5.69 Å². The second-order valence-electron chi connectivity index (χ2n) is 7.63. The lowest BCUT2D eigenvalue weighted by Gasteiger charge is -2.27. The molecular formula is C23H18ClN5O5S. The van der Waals surface area contributed by atoms with Crippen LogP contribution in [0, 0.1) is 0 Å². The number of nitrogens with zero attached hydrogens (tertiary/aromatic N) is 4. The molecule has 3 aromatic rings. The van der Waals surface area contributed by atoms with Crippen LogP contribution in [0.3, 0.4) is 0 Å². The Morgan fingerprint density at radius 2 is 1.69 bits per heavy atom. The van der Waals surface area contributed by atoms with Crippen molar-refractivity contribution in [2.75, 3.05) is 6.54 Å². The normalized spacial score (nSPS) is 15.1. The molecule has 0 atom stereocenters. The van der Waals surface area contributed by atoms with Crippen LogP contribution in [0.2, 0.25) is 5.02 Å². The number of rotatable bonds is 4. The predicted octanol–water partition coefficient (Wildman–Crippen LogP) is 0.854. The van der Waals surface area contributed by atoms with Gasteiger partial charge in [-0.05, 0) is 30.4 Å². The number of amides is 2. The SMILES string of the molecule is C=CCN1C(=O)/C(=C/c2c(Cl)c3c(=O)n(C)c(=O)n(C)c3n(-c3ccccc3)c2=O)C(=O)NC1=S. The number of nitrogens with one attached hydrogen (secondary N) is 1. The summed E-state index contributed by atoms with van der Waals surface area (Å²) in [6.45, 7) is 3.59. The fourth-order valence-electron chi connectivity index (χ4n) is 3.81. The number of aryl methyl sites for hydroxylation is 1. The van der Waals surface area contributed by atoms with Crippen LogP contribution in [0.5, 0.6) is 0 Å². The molecule has 1 N–H and O–H groups in total. The van der Waals surface area contributed by atoms with Crippen molar-refractivity contribution in [2.24, 2.45) is 14.1 Å². The Labute approximate surface area is 208 Å². The summed E-state index contributed by atoms with van der Waals surface area (Å²) in [5.41, 5.74) is -2.51. The van der Waals surface area contributed by atoms with E-state index in [2.05, 4.69) is 11.9 Å². The zero-order valence-corrected chi connectivity index (χ0v) is 20.1. The molecular weight excluding hydrogens is 494 g/mol. The van der Waals surface area contributed by atoms with Gasteiger partial charge in [0.25, 0.3) is 22.9 Å². The lowest BCUT2D eigenvalue weighted by molar-refractivity contribution is -0.128. The molecule has 35 heavy (non-hydrogen) atoms. The molecule has 2 amide bonds. The topological polar surface area (TPSA) is 115 Å². The van der Waals surface area contributed by atoms with Gasteiger partial charge in [-0.25, -0.2) is 4.79 Å². The number of pyridine rings is 1. The Morgan fingerprint density at radius 3 is 2.31 bits per heavy atom. The molecule has 1 aliphatic heterocycles. The van der Waals surface area contributed by atoms with Crippen LogP contribution in [0.4, 0.5) is 0 Å². The highest BCUT2D eigenvalue weighted by Crippen LogP contribution is 2.26. The molecule has 0 aliphatic carbocycles. The molecule has 0 unspecified atom stereocenters. The number of carbonyl (C=O) groups is 2. The molecule has 1 aliphatic rings. The van der Waals surface area contributed by atoms with Crippen LogP contribution in [0.1, 0.15) is 5.56 Å². The van der Waals surface area contributed by atoms with Gasteiger partial charge in [0.2, 0.25) is 0 Å². The third-order valence-corrected chi connectivity index (χ3v) is 6.25. The quantitative estimate of drug-likeness (QED) is 0.240. The van der Waals surface area contributed by atoms with Gasteiger partial charge in [-0.3, -0.25) is 43.1 Å². The molecule has 2 aromatic heterocycles. The minimum atomic E-state index is -0.824. The first-order valence-electron chi connectivity index (χ1n) is 10.2. The van der Waals surface area contributed by atoms with Gasteiger partial charge in [0.1, 0.15) is 16.6 Å². The summed E-state index contributed by atoms with van der Waals surface area (Å²) in [7, 11) is 2.69. The molecule has 0 saturated carbocycles. The maximum Gasteiger partial charge on any atom is 0.332 e. The van der Waals surface area contributed by atoms with E-state index >= 15 is 0 Å². The smallest absolute Gasteiger partial charge is 0.298 e. The average molecular weight is 512 g/mol. The molecule has 3 heterocycles. The van der Waals surface area contributed by atoms with Crippen molar-refractivity contribution in [3.8, 4) is 5.69 Å². The Hall–Kier alpha value is -4.09. The van der Waals surface area contributed by atoms with Crippen LogP contribution < -0.4 is 22.1 Å². The van der Waals surface area contributed by atoms with Gasteiger partial charge in [0.05, 0.1) is 16.3 Å². The molecule has 4 rings (SSSR count). The van der Waals surface area contributed by atoms with Crippen molar-refractivity contribution in [2.45, 2.75) is 0 Å². The summed E-state index contributed by atoms with van der Waals surface area (Å²) < 4.78 is 3.14. The fourth-order valence-corrected chi connectivity index (χ4v) is 4.36. The summed E-state index contributed by atoms with van der Waals surface area (Å²) >= 11 is 11.6. The molecule has 1 aromatic carbocycles. The molecule has 0 bridgehead atoms. The standard InChI is InChI=1S/C23H18ClN5O5S/c1-4-10-28-19(31)14(17(30)25-22(28)35)11-13-16(24)15-18(26(2)23(34)27(3)21(15)33)29(20(13)32)12-8-6-5-7-9-12/h4-9,11H,1,10H2,2-3H3,(H,25,30,35)/b14-11+. The summed E-state index contributed by atoms with van der Waals surface area (Å²) in [6.07, 6.45) is 2.46. The third-order valence-electron chi connectivity index (χ3n) is 5.54. The molecule has 1 saturated heterocycles. The highest BCUT2D eigenvalue weighted by Gasteiger charge is 2.33. The Bertz CT molecular complexity index is 1670. The zero-order valence-electron chi connectivity index (χ0n) is 18.6. The van der Waals surface area contributed by atoms with E-state index in [-0.39, 0.29) is 33.3 Å². The number of carbonyl (C=O) groups excluding carboxylic acids is 2. The van der Waals surface area contributed by atoms with Crippen LogP contribution in [0.25, 0.3) is 22.8 Å². The molecule has 1 fully saturated rings. The second kappa shape index (κ2) is 8.93. The second-order valence-corrected chi connectivity index (χ2v) is 8.39. The van der Waals surface area contributed by atoms with Gasteiger partial charge < -0.3 is 0 Å². The predicted molar refractivity (Wildman–Crippen MR) is 136 cm³/mol. The summed E-state index contributed by atoms with van der Waals surface area (Å²) in [5.74, 6) is -1.58. The Kier molecular flexibility index (Phi) is 6.14. The summed E-state index contributed by atoms with van der Waals surface area (Å²) in [4.78, 5) is 66.2. The van der Waals surface area contributed by atoms with Gasteiger partial charge in [-0.15, -0.1) is 6.58 Å². The Morgan fingerprint density at radius 1 is 1.03 bits per heavy atom. The maximum atomic E-state index is 13.7. The Balaban J connectivity index is 2.16. The van der Waals surface area contributed by atoms with E-state index in [0.717, 1.165) is 24.7 Å². The zero-order chi connectivity index (χ0) is 25.6. The van der Waals surface area contributed by atoms with Crippen molar-refractivity contribution in [1.82, 2.24) is 23.9 Å².